The highest BCUT2D eigenvalue weighted by Crippen LogP contribution is 2.35. The fourth-order valence-electron chi connectivity index (χ4n) is 1.26. The number of halogens is 5. The van der Waals surface area contributed by atoms with E-state index in [9.17, 15) is 9.59 Å². The van der Waals surface area contributed by atoms with E-state index < -0.39 is 11.9 Å². The van der Waals surface area contributed by atoms with Crippen LogP contribution in [-0.2, 0) is 0 Å². The Bertz CT molecular complexity index is 484. The van der Waals surface area contributed by atoms with Crippen molar-refractivity contribution in [3.63, 3.8) is 0 Å². The quantitative estimate of drug-likeness (QED) is 0.436. The van der Waals surface area contributed by atoms with Crippen molar-refractivity contribution in [1.82, 2.24) is 0 Å². The van der Waals surface area contributed by atoms with E-state index in [1.54, 1.807) is 29.6 Å². The maximum absolute atomic E-state index is 11.2. The summed E-state index contributed by atoms with van der Waals surface area (Å²) in [6.07, 6.45) is 0. The Kier molecular flexibility index (Phi) is 10.3. The summed E-state index contributed by atoms with van der Waals surface area (Å²) in [5.74, 6) is -2.26. The molecule has 0 saturated heterocycles. The van der Waals surface area contributed by atoms with E-state index in [4.69, 9.17) is 10.2 Å². The van der Waals surface area contributed by atoms with Crippen LogP contribution in [0.1, 0.15) is 20.7 Å². The molecule has 0 aliphatic rings. The Hall–Kier alpha value is 0.730. The standard InChI is InChI=1S/C9H6I3NO4.2ClH/c1-13-7-5(11)2(8(14)15)4(10)3(6(7)12)9(16)17;;/h13H,1H3,(H,14,15)(H,16,17);2*1H. The van der Waals surface area contributed by atoms with Crippen LogP contribution in [0.3, 0.4) is 0 Å². The van der Waals surface area contributed by atoms with E-state index in [-0.39, 0.29) is 39.5 Å². The summed E-state index contributed by atoms with van der Waals surface area (Å²) < 4.78 is 1.27. The van der Waals surface area contributed by atoms with Crippen LogP contribution in [0.15, 0.2) is 0 Å². The lowest BCUT2D eigenvalue weighted by atomic mass is 10.1. The van der Waals surface area contributed by atoms with Gasteiger partial charge >= 0.3 is 11.9 Å². The molecule has 0 aromatic heterocycles. The highest BCUT2D eigenvalue weighted by Gasteiger charge is 2.26. The van der Waals surface area contributed by atoms with Gasteiger partial charge in [0.05, 0.1) is 24.0 Å². The fourth-order valence-corrected chi connectivity index (χ4v) is 5.89. The molecule has 1 aromatic rings. The molecule has 0 spiro atoms. The maximum atomic E-state index is 11.2. The average molecular weight is 646 g/mol. The molecule has 0 unspecified atom stereocenters. The van der Waals surface area contributed by atoms with Gasteiger partial charge in [0, 0.05) is 10.6 Å². The SMILES string of the molecule is CNc1c(I)c(C(=O)O)c(I)c(C(=O)O)c1I.Cl.Cl. The number of hydrogen-bond acceptors (Lipinski definition) is 3. The zero-order valence-corrected chi connectivity index (χ0v) is 17.3. The fraction of sp³-hybridized carbons (Fsp3) is 0.111. The molecule has 0 aliphatic heterocycles. The average Bonchev–Trinajstić information content (AvgIpc) is 2.16. The predicted octanol–water partition coefficient (Wildman–Crippen LogP) is 3.78. The molecule has 0 radical (unpaired) electrons. The second kappa shape index (κ2) is 8.89. The van der Waals surface area contributed by atoms with E-state index in [2.05, 4.69) is 5.32 Å². The zero-order valence-electron chi connectivity index (χ0n) is 9.16. The van der Waals surface area contributed by atoms with Crippen LogP contribution in [0.25, 0.3) is 0 Å². The van der Waals surface area contributed by atoms with Gasteiger partial charge in [0.25, 0.3) is 0 Å². The molecular weight excluding hydrogens is 638 g/mol. The Labute approximate surface area is 162 Å². The molecule has 0 fully saturated rings. The van der Waals surface area contributed by atoms with Crippen molar-refractivity contribution in [2.45, 2.75) is 0 Å². The minimum absolute atomic E-state index is 0. The largest absolute Gasteiger partial charge is 0.478 e. The van der Waals surface area contributed by atoms with Crippen molar-refractivity contribution < 1.29 is 19.8 Å². The molecule has 0 atom stereocenters. The summed E-state index contributed by atoms with van der Waals surface area (Å²) in [7, 11) is 1.63. The van der Waals surface area contributed by atoms with Crippen LogP contribution in [-0.4, -0.2) is 29.2 Å². The van der Waals surface area contributed by atoms with Crippen molar-refractivity contribution in [3.8, 4) is 0 Å². The van der Waals surface area contributed by atoms with Crippen molar-refractivity contribution in [3.05, 3.63) is 21.8 Å². The summed E-state index contributed by atoms with van der Waals surface area (Å²) in [5, 5.41) is 21.1. The Morgan fingerprint density at radius 2 is 1.21 bits per heavy atom. The third-order valence-corrected chi connectivity index (χ3v) is 5.23. The minimum atomic E-state index is -1.13. The first-order chi connectivity index (χ1) is 7.82. The van der Waals surface area contributed by atoms with Crippen LogP contribution in [0.5, 0.6) is 0 Å². The number of hydrogen-bond donors (Lipinski definition) is 3. The van der Waals surface area contributed by atoms with E-state index >= 15 is 0 Å². The van der Waals surface area contributed by atoms with Gasteiger partial charge in [-0.1, -0.05) is 0 Å². The third-order valence-electron chi connectivity index (χ3n) is 1.99. The molecule has 108 valence electrons. The lowest BCUT2D eigenvalue weighted by molar-refractivity contribution is 0.0694. The Morgan fingerprint density at radius 1 is 0.895 bits per heavy atom. The number of carboxylic acid groups (broad SMARTS) is 2. The second-order valence-electron chi connectivity index (χ2n) is 2.93. The van der Waals surface area contributed by atoms with Gasteiger partial charge in [0.15, 0.2) is 0 Å². The number of nitrogens with one attached hydrogen (secondary N) is 1. The van der Waals surface area contributed by atoms with Gasteiger partial charge < -0.3 is 15.5 Å². The van der Waals surface area contributed by atoms with Gasteiger partial charge in [0.1, 0.15) is 0 Å². The highest BCUT2D eigenvalue weighted by molar-refractivity contribution is 14.1. The number of benzene rings is 1. The molecule has 0 saturated carbocycles. The monoisotopic (exact) mass is 645 g/mol. The van der Waals surface area contributed by atoms with Crippen LogP contribution < -0.4 is 5.32 Å². The Balaban J connectivity index is 0. The molecular formula is C9H8Cl2I3NO4. The van der Waals surface area contributed by atoms with Crippen LogP contribution >= 0.6 is 92.6 Å². The van der Waals surface area contributed by atoms with Crippen molar-refractivity contribution >= 4 is 110 Å². The molecule has 1 rings (SSSR count). The molecule has 0 bridgehead atoms. The van der Waals surface area contributed by atoms with E-state index in [1.165, 1.54) is 0 Å². The highest BCUT2D eigenvalue weighted by atomic mass is 127. The zero-order chi connectivity index (χ0) is 13.3. The summed E-state index contributed by atoms with van der Waals surface area (Å²) in [6, 6.07) is 0. The third kappa shape index (κ3) is 4.35. The van der Waals surface area contributed by atoms with Crippen molar-refractivity contribution in [1.29, 1.82) is 0 Å². The molecule has 10 heteroatoms. The molecule has 3 N–H and O–H groups in total. The lowest BCUT2D eigenvalue weighted by Crippen LogP contribution is -2.14. The second-order valence-corrected chi connectivity index (χ2v) is 6.16. The van der Waals surface area contributed by atoms with Crippen molar-refractivity contribution in [2.24, 2.45) is 0 Å². The first kappa shape index (κ1) is 22.0. The first-order valence-corrected chi connectivity index (χ1v) is 7.41. The number of carbonyl (C=O) groups is 2. The molecule has 0 amide bonds. The van der Waals surface area contributed by atoms with Gasteiger partial charge in [0.2, 0.25) is 0 Å². The number of carboxylic acids is 2. The smallest absolute Gasteiger partial charge is 0.337 e. The molecule has 0 heterocycles. The predicted molar refractivity (Wildman–Crippen MR) is 103 cm³/mol. The summed E-state index contributed by atoms with van der Waals surface area (Å²) >= 11 is 5.56. The van der Waals surface area contributed by atoms with E-state index in [1.807, 2.05) is 45.2 Å². The van der Waals surface area contributed by atoms with Gasteiger partial charge in [-0.05, 0) is 67.8 Å². The molecule has 1 aromatic carbocycles. The number of anilines is 1. The van der Waals surface area contributed by atoms with Gasteiger partial charge in [-0.3, -0.25) is 0 Å². The first-order valence-electron chi connectivity index (χ1n) is 4.17. The van der Waals surface area contributed by atoms with Gasteiger partial charge in [-0.25, -0.2) is 9.59 Å². The lowest BCUT2D eigenvalue weighted by Gasteiger charge is -2.14. The summed E-state index contributed by atoms with van der Waals surface area (Å²) in [5.41, 5.74) is 0.572. The summed E-state index contributed by atoms with van der Waals surface area (Å²) in [6.45, 7) is 0. The minimum Gasteiger partial charge on any atom is -0.478 e. The maximum Gasteiger partial charge on any atom is 0.337 e. The summed E-state index contributed by atoms with van der Waals surface area (Å²) in [4.78, 5) is 22.3. The topological polar surface area (TPSA) is 86.6 Å². The van der Waals surface area contributed by atoms with E-state index in [0.29, 0.717) is 12.8 Å². The normalized spacial score (nSPS) is 9.05. The van der Waals surface area contributed by atoms with Crippen LogP contribution in [0, 0.1) is 10.7 Å². The van der Waals surface area contributed by atoms with Crippen LogP contribution in [0.2, 0.25) is 0 Å². The van der Waals surface area contributed by atoms with Gasteiger partial charge in [-0.15, -0.1) is 24.8 Å². The molecule has 5 nitrogen and oxygen atoms in total. The number of aromatic carboxylic acids is 2. The van der Waals surface area contributed by atoms with Gasteiger partial charge in [-0.2, -0.15) is 0 Å². The number of rotatable bonds is 3. The van der Waals surface area contributed by atoms with E-state index in [0.717, 1.165) is 0 Å². The molecule has 0 aliphatic carbocycles. The van der Waals surface area contributed by atoms with Crippen molar-refractivity contribution in [2.75, 3.05) is 12.4 Å². The molecule has 19 heavy (non-hydrogen) atoms. The Morgan fingerprint density at radius 3 is 1.42 bits per heavy atom. The van der Waals surface area contributed by atoms with Crippen LogP contribution in [0.4, 0.5) is 5.69 Å².